The van der Waals surface area contributed by atoms with Crippen LogP contribution in [0.25, 0.3) is 11.0 Å². The molecule has 2 heterocycles. The van der Waals surface area contributed by atoms with Gasteiger partial charge in [-0.25, -0.2) is 8.42 Å². The van der Waals surface area contributed by atoms with E-state index in [4.69, 9.17) is 4.42 Å². The van der Waals surface area contributed by atoms with Gasteiger partial charge in [0.15, 0.2) is 5.76 Å². The van der Waals surface area contributed by atoms with Crippen molar-refractivity contribution in [1.29, 1.82) is 0 Å². The molecular weight excluding hydrogens is 376 g/mol. The van der Waals surface area contributed by atoms with Crippen molar-refractivity contribution in [1.82, 2.24) is 9.21 Å². The Morgan fingerprint density at radius 3 is 2.36 bits per heavy atom. The number of para-hydroxylation sites is 1. The van der Waals surface area contributed by atoms with Crippen LogP contribution >= 0.6 is 0 Å². The van der Waals surface area contributed by atoms with E-state index in [1.54, 1.807) is 30.0 Å². The van der Waals surface area contributed by atoms with E-state index in [0.29, 0.717) is 23.6 Å². The minimum absolute atomic E-state index is 0.209. The fourth-order valence-electron chi connectivity index (χ4n) is 3.60. The summed E-state index contributed by atoms with van der Waals surface area (Å²) in [5.41, 5.74) is 2.43. The molecule has 1 amide bonds. The molecule has 7 heteroatoms. The zero-order valence-electron chi connectivity index (χ0n) is 15.9. The van der Waals surface area contributed by atoms with Gasteiger partial charge in [0.1, 0.15) is 5.58 Å². The van der Waals surface area contributed by atoms with Crippen molar-refractivity contribution < 1.29 is 17.6 Å². The van der Waals surface area contributed by atoms with Crippen LogP contribution in [0.1, 0.15) is 21.7 Å². The summed E-state index contributed by atoms with van der Waals surface area (Å²) < 4.78 is 33.1. The molecule has 1 fully saturated rings. The molecule has 1 aliphatic heterocycles. The zero-order valence-corrected chi connectivity index (χ0v) is 16.7. The number of hydrogen-bond donors (Lipinski definition) is 0. The normalized spacial score (nSPS) is 15.9. The first-order valence-corrected chi connectivity index (χ1v) is 10.7. The first kappa shape index (κ1) is 18.7. The van der Waals surface area contributed by atoms with Crippen molar-refractivity contribution in [3.63, 3.8) is 0 Å². The second-order valence-electron chi connectivity index (χ2n) is 7.11. The SMILES string of the molecule is Cc1ccc(S(=O)(=O)N2CCN(C(=O)c3cc4ccccc4o3)CC2)c(C)c1. The first-order valence-electron chi connectivity index (χ1n) is 9.21. The standard InChI is InChI=1S/C21H22N2O4S/c1-15-7-8-20(16(2)13-15)28(25,26)23-11-9-22(10-12-23)21(24)19-14-17-5-3-4-6-18(17)27-19/h3-8,13-14H,9-12H2,1-2H3. The van der Waals surface area contributed by atoms with E-state index < -0.39 is 10.0 Å². The van der Waals surface area contributed by atoms with Gasteiger partial charge in [0.05, 0.1) is 4.90 Å². The molecule has 1 aliphatic rings. The number of aryl methyl sites for hydroxylation is 2. The predicted octanol–water partition coefficient (Wildman–Crippen LogP) is 3.20. The van der Waals surface area contributed by atoms with Crippen molar-refractivity contribution >= 4 is 26.9 Å². The van der Waals surface area contributed by atoms with Gasteiger partial charge in [-0.1, -0.05) is 35.9 Å². The predicted molar refractivity (Wildman–Crippen MR) is 107 cm³/mol. The van der Waals surface area contributed by atoms with Gasteiger partial charge >= 0.3 is 0 Å². The van der Waals surface area contributed by atoms with Gasteiger partial charge in [0.2, 0.25) is 10.0 Å². The third kappa shape index (κ3) is 3.31. The number of amides is 1. The number of furan rings is 1. The molecule has 4 rings (SSSR count). The molecule has 0 spiro atoms. The number of nitrogens with zero attached hydrogens (tertiary/aromatic N) is 2. The van der Waals surface area contributed by atoms with Crippen LogP contribution in [0.5, 0.6) is 0 Å². The largest absolute Gasteiger partial charge is 0.451 e. The van der Waals surface area contributed by atoms with E-state index in [9.17, 15) is 13.2 Å². The Morgan fingerprint density at radius 1 is 0.964 bits per heavy atom. The number of benzene rings is 2. The summed E-state index contributed by atoms with van der Waals surface area (Å²) in [6.07, 6.45) is 0. The molecular formula is C21H22N2O4S. The zero-order chi connectivity index (χ0) is 19.9. The van der Waals surface area contributed by atoms with Crippen LogP contribution in [0.2, 0.25) is 0 Å². The Hall–Kier alpha value is -2.64. The summed E-state index contributed by atoms with van der Waals surface area (Å²) in [5.74, 6) is 0.0756. The fourth-order valence-corrected chi connectivity index (χ4v) is 5.23. The maximum Gasteiger partial charge on any atom is 0.289 e. The minimum Gasteiger partial charge on any atom is -0.451 e. The third-order valence-corrected chi connectivity index (χ3v) is 7.17. The number of carbonyl (C=O) groups excluding carboxylic acids is 1. The molecule has 2 aromatic carbocycles. The number of sulfonamides is 1. The smallest absolute Gasteiger partial charge is 0.289 e. The van der Waals surface area contributed by atoms with Gasteiger partial charge in [-0.15, -0.1) is 0 Å². The number of fused-ring (bicyclic) bond motifs is 1. The van der Waals surface area contributed by atoms with Crippen LogP contribution in [0, 0.1) is 13.8 Å². The second-order valence-corrected chi connectivity index (χ2v) is 9.02. The van der Waals surface area contributed by atoms with Crippen LogP contribution in [0.4, 0.5) is 0 Å². The molecule has 1 saturated heterocycles. The van der Waals surface area contributed by atoms with Crippen LogP contribution in [0.15, 0.2) is 57.8 Å². The van der Waals surface area contributed by atoms with Gasteiger partial charge in [-0.2, -0.15) is 4.31 Å². The van der Waals surface area contributed by atoms with Crippen LogP contribution in [-0.2, 0) is 10.0 Å². The van der Waals surface area contributed by atoms with E-state index in [0.717, 1.165) is 16.5 Å². The molecule has 28 heavy (non-hydrogen) atoms. The molecule has 0 bridgehead atoms. The van der Waals surface area contributed by atoms with Crippen LogP contribution < -0.4 is 0 Å². The van der Waals surface area contributed by atoms with Gasteiger partial charge in [0, 0.05) is 31.6 Å². The fraction of sp³-hybridized carbons (Fsp3) is 0.286. The quantitative estimate of drug-likeness (QED) is 0.679. The maximum absolute atomic E-state index is 13.0. The van der Waals surface area contributed by atoms with Crippen molar-refractivity contribution in [2.75, 3.05) is 26.2 Å². The molecule has 0 atom stereocenters. The summed E-state index contributed by atoms with van der Waals surface area (Å²) in [7, 11) is -3.57. The van der Waals surface area contributed by atoms with Crippen molar-refractivity contribution in [2.45, 2.75) is 18.7 Å². The van der Waals surface area contributed by atoms with Crippen molar-refractivity contribution in [3.8, 4) is 0 Å². The molecule has 6 nitrogen and oxygen atoms in total. The minimum atomic E-state index is -3.57. The van der Waals surface area contributed by atoms with Gasteiger partial charge in [-0.3, -0.25) is 4.79 Å². The molecule has 0 unspecified atom stereocenters. The van der Waals surface area contributed by atoms with E-state index in [-0.39, 0.29) is 24.8 Å². The average molecular weight is 398 g/mol. The average Bonchev–Trinajstić information content (AvgIpc) is 3.11. The summed E-state index contributed by atoms with van der Waals surface area (Å²) in [6.45, 7) is 4.94. The van der Waals surface area contributed by atoms with Gasteiger partial charge in [-0.05, 0) is 37.6 Å². The Balaban J connectivity index is 1.48. The van der Waals surface area contributed by atoms with E-state index in [1.165, 1.54) is 4.31 Å². The molecule has 146 valence electrons. The van der Waals surface area contributed by atoms with Crippen molar-refractivity contribution in [3.05, 3.63) is 65.4 Å². The lowest BCUT2D eigenvalue weighted by Crippen LogP contribution is -2.50. The van der Waals surface area contributed by atoms with Gasteiger partial charge in [0.25, 0.3) is 5.91 Å². The Labute approximate surface area is 164 Å². The first-order chi connectivity index (χ1) is 13.4. The van der Waals surface area contributed by atoms with E-state index >= 15 is 0 Å². The number of carbonyl (C=O) groups is 1. The second kappa shape index (κ2) is 7.07. The molecule has 0 radical (unpaired) electrons. The Kier molecular flexibility index (Phi) is 4.72. The lowest BCUT2D eigenvalue weighted by atomic mass is 10.2. The topological polar surface area (TPSA) is 70.8 Å². The molecule has 3 aromatic rings. The van der Waals surface area contributed by atoms with Crippen LogP contribution in [-0.4, -0.2) is 49.7 Å². The third-order valence-electron chi connectivity index (χ3n) is 5.11. The Morgan fingerprint density at radius 2 is 1.68 bits per heavy atom. The lowest BCUT2D eigenvalue weighted by Gasteiger charge is -2.33. The van der Waals surface area contributed by atoms with E-state index in [2.05, 4.69) is 0 Å². The molecule has 0 aliphatic carbocycles. The monoisotopic (exact) mass is 398 g/mol. The van der Waals surface area contributed by atoms with Crippen molar-refractivity contribution in [2.24, 2.45) is 0 Å². The summed E-state index contributed by atoms with van der Waals surface area (Å²) in [5, 5.41) is 0.877. The highest BCUT2D eigenvalue weighted by atomic mass is 32.2. The molecule has 1 aromatic heterocycles. The lowest BCUT2D eigenvalue weighted by molar-refractivity contribution is 0.0668. The summed E-state index contributed by atoms with van der Waals surface area (Å²) in [4.78, 5) is 14.7. The number of piperazine rings is 1. The van der Waals surface area contributed by atoms with Gasteiger partial charge < -0.3 is 9.32 Å². The molecule has 0 N–H and O–H groups in total. The number of hydrogen-bond acceptors (Lipinski definition) is 4. The highest BCUT2D eigenvalue weighted by molar-refractivity contribution is 7.89. The van der Waals surface area contributed by atoms with E-state index in [1.807, 2.05) is 37.3 Å². The highest BCUT2D eigenvalue weighted by Gasteiger charge is 2.32. The maximum atomic E-state index is 13.0. The summed E-state index contributed by atoms with van der Waals surface area (Å²) in [6, 6.07) is 14.5. The summed E-state index contributed by atoms with van der Waals surface area (Å²) >= 11 is 0. The number of rotatable bonds is 3. The molecule has 0 saturated carbocycles. The highest BCUT2D eigenvalue weighted by Crippen LogP contribution is 2.24. The van der Waals surface area contributed by atoms with Crippen LogP contribution in [0.3, 0.4) is 0 Å². The Bertz CT molecular complexity index is 1110.